The van der Waals surface area contributed by atoms with Gasteiger partial charge in [-0.15, -0.1) is 0 Å². The van der Waals surface area contributed by atoms with E-state index in [2.05, 4.69) is 35.2 Å². The first-order chi connectivity index (χ1) is 14.9. The maximum absolute atomic E-state index is 13.3. The molecule has 1 atom stereocenters. The first kappa shape index (κ1) is 19.0. The van der Waals surface area contributed by atoms with Crippen molar-refractivity contribution in [2.75, 3.05) is 5.32 Å². The molecule has 2 N–H and O–H groups in total. The predicted octanol–water partition coefficient (Wildman–Crippen LogP) is 4.28. The minimum Gasteiger partial charge on any atom is -0.358 e. The summed E-state index contributed by atoms with van der Waals surface area (Å²) in [5.74, 6) is 0.963. The van der Waals surface area contributed by atoms with Gasteiger partial charge in [-0.2, -0.15) is 13.2 Å². The third-order valence-electron chi connectivity index (χ3n) is 4.83. The highest BCUT2D eigenvalue weighted by molar-refractivity contribution is 5.82. The van der Waals surface area contributed by atoms with Gasteiger partial charge in [0.2, 0.25) is 0 Å². The average Bonchev–Trinajstić information content (AvgIpc) is 3.38. The lowest BCUT2D eigenvalue weighted by atomic mass is 10.2. The van der Waals surface area contributed by atoms with Crippen LogP contribution in [-0.4, -0.2) is 34.5 Å². The summed E-state index contributed by atoms with van der Waals surface area (Å²) in [6, 6.07) is 8.14. The van der Waals surface area contributed by atoms with Crippen LogP contribution in [0.3, 0.4) is 0 Å². The Balaban J connectivity index is 1.64. The number of nitrogens with one attached hydrogen (secondary N) is 2. The van der Waals surface area contributed by atoms with Crippen LogP contribution in [0.15, 0.2) is 55.2 Å². The number of rotatable bonds is 4. The van der Waals surface area contributed by atoms with Gasteiger partial charge in [0.1, 0.15) is 23.2 Å². The molecule has 0 aliphatic rings. The molecule has 31 heavy (non-hydrogen) atoms. The van der Waals surface area contributed by atoms with E-state index >= 15 is 0 Å². The van der Waals surface area contributed by atoms with Crippen LogP contribution in [0.1, 0.15) is 24.4 Å². The zero-order chi connectivity index (χ0) is 21.6. The Bertz CT molecular complexity index is 1390. The second-order valence-electron chi connectivity index (χ2n) is 6.89. The largest absolute Gasteiger partial charge is 0.416 e. The zero-order valence-corrected chi connectivity index (χ0v) is 16.1. The molecule has 4 aromatic heterocycles. The summed E-state index contributed by atoms with van der Waals surface area (Å²) in [7, 11) is 0. The number of imidazole rings is 2. The molecule has 11 heteroatoms. The van der Waals surface area contributed by atoms with Gasteiger partial charge >= 0.3 is 6.18 Å². The molecule has 1 aromatic carbocycles. The lowest BCUT2D eigenvalue weighted by Gasteiger charge is -2.17. The smallest absolute Gasteiger partial charge is 0.358 e. The summed E-state index contributed by atoms with van der Waals surface area (Å²) in [6.45, 7) is 1.84. The molecular formula is C20H15F3N8. The maximum Gasteiger partial charge on any atom is 0.416 e. The number of pyridine rings is 1. The molecule has 0 radical (unpaired) electrons. The third kappa shape index (κ3) is 3.33. The van der Waals surface area contributed by atoms with E-state index in [1.165, 1.54) is 18.7 Å². The second kappa shape index (κ2) is 7.04. The molecule has 0 bridgehead atoms. The Morgan fingerprint density at radius 2 is 1.94 bits per heavy atom. The summed E-state index contributed by atoms with van der Waals surface area (Å²) in [5.41, 5.74) is 1.71. The van der Waals surface area contributed by atoms with Crippen molar-refractivity contribution in [1.29, 1.82) is 0 Å². The molecule has 0 unspecified atom stereocenters. The van der Waals surface area contributed by atoms with Crippen molar-refractivity contribution in [1.82, 2.24) is 34.5 Å². The number of H-pyrrole nitrogens is 1. The number of nitrogens with zero attached hydrogens (tertiary/aromatic N) is 6. The van der Waals surface area contributed by atoms with E-state index in [-0.39, 0.29) is 0 Å². The van der Waals surface area contributed by atoms with E-state index in [0.29, 0.717) is 39.7 Å². The Morgan fingerprint density at radius 1 is 1.06 bits per heavy atom. The minimum absolute atomic E-state index is 0.312. The van der Waals surface area contributed by atoms with Crippen LogP contribution in [0.25, 0.3) is 28.0 Å². The van der Waals surface area contributed by atoms with Crippen LogP contribution >= 0.6 is 0 Å². The summed E-state index contributed by atoms with van der Waals surface area (Å²) in [5, 5.41) is 3.24. The fraction of sp³-hybridized carbons (Fsp3) is 0.150. The quantitative estimate of drug-likeness (QED) is 0.447. The molecular weight excluding hydrogens is 409 g/mol. The molecule has 156 valence electrons. The number of alkyl halides is 3. The van der Waals surface area contributed by atoms with Crippen molar-refractivity contribution in [3.05, 3.63) is 66.6 Å². The van der Waals surface area contributed by atoms with Crippen LogP contribution < -0.4 is 5.32 Å². The van der Waals surface area contributed by atoms with E-state index in [1.54, 1.807) is 29.0 Å². The minimum atomic E-state index is -4.46. The lowest BCUT2D eigenvalue weighted by Crippen LogP contribution is -2.15. The fourth-order valence-corrected chi connectivity index (χ4v) is 3.44. The van der Waals surface area contributed by atoms with E-state index in [4.69, 9.17) is 0 Å². The van der Waals surface area contributed by atoms with Gasteiger partial charge in [0, 0.05) is 11.9 Å². The van der Waals surface area contributed by atoms with Gasteiger partial charge in [-0.1, -0.05) is 6.07 Å². The van der Waals surface area contributed by atoms with Gasteiger partial charge in [0.25, 0.3) is 0 Å². The van der Waals surface area contributed by atoms with Gasteiger partial charge in [-0.25, -0.2) is 24.9 Å². The number of hydrogen-bond donors (Lipinski definition) is 2. The van der Waals surface area contributed by atoms with E-state index in [0.717, 1.165) is 12.1 Å². The molecule has 0 aliphatic heterocycles. The summed E-state index contributed by atoms with van der Waals surface area (Å²) in [4.78, 5) is 24.5. The van der Waals surface area contributed by atoms with Crippen molar-refractivity contribution < 1.29 is 13.2 Å². The number of aromatic amines is 1. The Kier molecular flexibility index (Phi) is 4.31. The Labute approximate surface area is 173 Å². The highest BCUT2D eigenvalue weighted by Gasteiger charge is 2.31. The van der Waals surface area contributed by atoms with Gasteiger partial charge in [0.05, 0.1) is 17.9 Å². The van der Waals surface area contributed by atoms with Crippen LogP contribution in [0.2, 0.25) is 0 Å². The van der Waals surface area contributed by atoms with E-state index in [1.807, 2.05) is 6.92 Å². The standard InChI is InChI=1S/C20H15F3N8/c1-11(29-17-15-16(26-9-25-15)27-10-28-17)18-30-14-6-3-7-24-19(14)31(18)13-5-2-4-12(8-13)20(21,22)23/h2-11H,1H3,(H2,25,26,27,28,29)/t11-/m0/s1. The van der Waals surface area contributed by atoms with Crippen LogP contribution in [0, 0.1) is 0 Å². The van der Waals surface area contributed by atoms with Crippen molar-refractivity contribution in [2.24, 2.45) is 0 Å². The molecule has 0 spiro atoms. The topological polar surface area (TPSA) is 97.2 Å². The Hall–Kier alpha value is -4.02. The summed E-state index contributed by atoms with van der Waals surface area (Å²) >= 11 is 0. The first-order valence-corrected chi connectivity index (χ1v) is 9.33. The molecule has 4 heterocycles. The number of halogens is 3. The molecule has 0 aliphatic carbocycles. The first-order valence-electron chi connectivity index (χ1n) is 9.33. The number of fused-ring (bicyclic) bond motifs is 2. The van der Waals surface area contributed by atoms with Crippen LogP contribution in [-0.2, 0) is 6.18 Å². The van der Waals surface area contributed by atoms with Crippen molar-refractivity contribution in [2.45, 2.75) is 19.1 Å². The normalized spacial score (nSPS) is 13.0. The van der Waals surface area contributed by atoms with E-state index in [9.17, 15) is 13.2 Å². The van der Waals surface area contributed by atoms with Crippen molar-refractivity contribution >= 4 is 28.1 Å². The summed E-state index contributed by atoms with van der Waals surface area (Å²) in [6.07, 6.45) is 0.0218. The SMILES string of the molecule is C[C@H](Nc1ncnc2[nH]cnc12)c1nc2cccnc2n1-c1cccc(C(F)(F)F)c1. The average molecular weight is 424 g/mol. The monoisotopic (exact) mass is 424 g/mol. The highest BCUT2D eigenvalue weighted by atomic mass is 19.4. The molecule has 0 saturated heterocycles. The highest BCUT2D eigenvalue weighted by Crippen LogP contribution is 2.32. The molecule has 0 saturated carbocycles. The Morgan fingerprint density at radius 3 is 2.77 bits per heavy atom. The number of aromatic nitrogens is 7. The predicted molar refractivity (Wildman–Crippen MR) is 108 cm³/mol. The van der Waals surface area contributed by atoms with Gasteiger partial charge in [-0.3, -0.25) is 4.57 Å². The summed E-state index contributed by atoms with van der Waals surface area (Å²) < 4.78 is 41.5. The second-order valence-corrected chi connectivity index (χ2v) is 6.89. The fourth-order valence-electron chi connectivity index (χ4n) is 3.44. The molecule has 5 rings (SSSR count). The van der Waals surface area contributed by atoms with Gasteiger partial charge in [0.15, 0.2) is 17.1 Å². The molecule has 5 aromatic rings. The van der Waals surface area contributed by atoms with Gasteiger partial charge in [-0.05, 0) is 37.3 Å². The number of benzene rings is 1. The zero-order valence-electron chi connectivity index (χ0n) is 16.1. The van der Waals surface area contributed by atoms with Crippen LogP contribution in [0.5, 0.6) is 0 Å². The van der Waals surface area contributed by atoms with Crippen LogP contribution in [0.4, 0.5) is 19.0 Å². The van der Waals surface area contributed by atoms with Crippen molar-refractivity contribution in [3.63, 3.8) is 0 Å². The number of anilines is 1. The maximum atomic E-state index is 13.3. The molecule has 0 amide bonds. The third-order valence-corrected chi connectivity index (χ3v) is 4.83. The molecule has 0 fully saturated rings. The van der Waals surface area contributed by atoms with E-state index < -0.39 is 17.8 Å². The molecule has 8 nitrogen and oxygen atoms in total. The van der Waals surface area contributed by atoms with Crippen molar-refractivity contribution in [3.8, 4) is 5.69 Å². The van der Waals surface area contributed by atoms with Gasteiger partial charge < -0.3 is 10.3 Å². The number of hydrogen-bond acceptors (Lipinski definition) is 6. The lowest BCUT2D eigenvalue weighted by molar-refractivity contribution is -0.137.